The number of carbonyl (C=O) groups excluding carboxylic acids is 5. The summed E-state index contributed by atoms with van der Waals surface area (Å²) in [6.07, 6.45) is 18.3. The van der Waals surface area contributed by atoms with Gasteiger partial charge < -0.3 is 42.7 Å². The number of rotatable bonds is 11. The van der Waals surface area contributed by atoms with Crippen LogP contribution in [0, 0.1) is 30.6 Å². The van der Waals surface area contributed by atoms with Crippen LogP contribution in [0.1, 0.15) is 69.9 Å². The van der Waals surface area contributed by atoms with Crippen LogP contribution in [-0.4, -0.2) is 118 Å². The first-order valence-corrected chi connectivity index (χ1v) is 34.2. The molecule has 6 aliphatic rings. The fraction of sp³-hybridized carbons (Fsp3) is 0.558. The average Bonchev–Trinajstić information content (AvgIpc) is 3.67. The third-order valence-corrected chi connectivity index (χ3v) is 20.0. The van der Waals surface area contributed by atoms with Crippen LogP contribution < -0.4 is 9.47 Å². The molecule has 378 valence electrons. The van der Waals surface area contributed by atoms with Crippen molar-refractivity contribution in [2.75, 3.05) is 28.4 Å². The van der Waals surface area contributed by atoms with Crippen molar-refractivity contribution in [1.82, 2.24) is 9.80 Å². The van der Waals surface area contributed by atoms with Gasteiger partial charge in [-0.25, -0.2) is 15.7 Å². The fourth-order valence-corrected chi connectivity index (χ4v) is 16.6. The molecule has 2 amide bonds. The van der Waals surface area contributed by atoms with Gasteiger partial charge in [-0.05, 0) is 126 Å². The SMILES string of the molecule is C1=CCC[CH+][CH-]1.COC(=O)[C@@]1(C=O)N(Cc2ccc(OC)cc2)C(=O)[C@@H]2CC[Si](C)(C)O[C@@]21C.COC(=O)[C@]1([C@@H](O)[C@@H]2C=CCCC2)N(Cc2ccc(OC)cc2)C(=O)[C@@H]2CC[Si](C)(C)O[C@@]21C.[Cl][Zn+]. The molecule has 0 aromatic heterocycles. The minimum absolute atomic E-state index is 0.105. The summed E-state index contributed by atoms with van der Waals surface area (Å²) in [5.41, 5.74) is -4.29. The third kappa shape index (κ3) is 10.9. The van der Waals surface area contributed by atoms with Crippen molar-refractivity contribution in [3.63, 3.8) is 0 Å². The van der Waals surface area contributed by atoms with E-state index < -0.39 is 68.8 Å². The van der Waals surface area contributed by atoms with E-state index in [9.17, 15) is 29.1 Å². The molecule has 2 aromatic carbocycles. The molecule has 8 atom stereocenters. The average molecular weight is 1070 g/mol. The number of likely N-dealkylation sites (tertiary alicyclic amines) is 2. The molecule has 14 nitrogen and oxygen atoms in total. The first-order chi connectivity index (χ1) is 33.2. The Morgan fingerprint density at radius 1 is 0.800 bits per heavy atom. The van der Waals surface area contributed by atoms with Gasteiger partial charge in [-0.3, -0.25) is 14.4 Å². The summed E-state index contributed by atoms with van der Waals surface area (Å²) < 4.78 is 34.0. The van der Waals surface area contributed by atoms with Crippen molar-refractivity contribution in [3.8, 4) is 11.5 Å². The van der Waals surface area contributed by atoms with E-state index in [1.54, 1.807) is 38.2 Å². The Labute approximate surface area is 431 Å². The Bertz CT molecular complexity index is 2210. The topological polar surface area (TPSA) is 167 Å². The molecule has 1 N–H and O–H groups in total. The first-order valence-electron chi connectivity index (χ1n) is 24.1. The Morgan fingerprint density at radius 3 is 1.71 bits per heavy atom. The van der Waals surface area contributed by atoms with E-state index in [1.165, 1.54) is 32.0 Å². The number of ether oxygens (including phenoxy) is 4. The van der Waals surface area contributed by atoms with E-state index in [0.717, 1.165) is 59.8 Å². The molecular weight excluding hydrogens is 1000 g/mol. The summed E-state index contributed by atoms with van der Waals surface area (Å²) in [6, 6.07) is 16.2. The number of carbonyl (C=O) groups is 5. The molecule has 0 radical (unpaired) electrons. The van der Waals surface area contributed by atoms with Gasteiger partial charge in [0.2, 0.25) is 17.4 Å². The van der Waals surface area contributed by atoms with E-state index in [2.05, 4.69) is 38.1 Å². The van der Waals surface area contributed by atoms with Crippen molar-refractivity contribution in [2.24, 2.45) is 17.8 Å². The van der Waals surface area contributed by atoms with Crippen molar-refractivity contribution >= 4 is 56.4 Å². The molecule has 0 spiro atoms. The van der Waals surface area contributed by atoms with Crippen LogP contribution in [-0.2, 0) is 72.7 Å². The number of aliphatic hydroxyl groups excluding tert-OH is 1. The second-order valence-electron chi connectivity index (χ2n) is 20.2. The normalized spacial score (nSPS) is 30.4. The molecule has 2 aliphatic carbocycles. The number of amides is 2. The summed E-state index contributed by atoms with van der Waals surface area (Å²) in [7, 11) is 6.16. The molecule has 4 saturated heterocycles. The zero-order chi connectivity index (χ0) is 51.7. The van der Waals surface area contributed by atoms with Crippen molar-refractivity contribution < 1.29 is 74.2 Å². The van der Waals surface area contributed by atoms with E-state index in [0.29, 0.717) is 30.6 Å². The van der Waals surface area contributed by atoms with Crippen LogP contribution in [0.25, 0.3) is 0 Å². The number of hydrogen-bond acceptors (Lipinski definition) is 12. The number of allylic oxidation sites excluding steroid dienone is 3. The van der Waals surface area contributed by atoms with E-state index in [1.807, 2.05) is 68.6 Å². The van der Waals surface area contributed by atoms with Crippen LogP contribution in [0.3, 0.4) is 0 Å². The number of aldehydes is 1. The molecule has 18 heteroatoms. The number of halogens is 1. The van der Waals surface area contributed by atoms with Crippen molar-refractivity contribution in [1.29, 1.82) is 0 Å². The fourth-order valence-electron chi connectivity index (χ4n) is 11.5. The molecule has 8 rings (SSSR count). The summed E-state index contributed by atoms with van der Waals surface area (Å²) in [4.78, 5) is 69.5. The van der Waals surface area contributed by atoms with Crippen molar-refractivity contribution in [3.05, 3.63) is 96.8 Å². The van der Waals surface area contributed by atoms with Gasteiger partial charge in [0.1, 0.15) is 22.7 Å². The van der Waals surface area contributed by atoms with E-state index in [-0.39, 0.29) is 30.8 Å². The Balaban J connectivity index is 0.000000228. The number of benzene rings is 2. The predicted octanol–water partition coefficient (Wildman–Crippen LogP) is 8.25. The van der Waals surface area contributed by atoms with Crippen LogP contribution >= 0.6 is 9.69 Å². The van der Waals surface area contributed by atoms with Gasteiger partial charge in [-0.1, -0.05) is 42.8 Å². The molecule has 0 bridgehead atoms. The van der Waals surface area contributed by atoms with Crippen LogP contribution in [0.4, 0.5) is 0 Å². The summed E-state index contributed by atoms with van der Waals surface area (Å²) in [6.45, 7) is 12.1. The number of methoxy groups -OCH3 is 4. The van der Waals surface area contributed by atoms with E-state index >= 15 is 0 Å². The molecule has 4 aliphatic heterocycles. The molecule has 4 fully saturated rings. The Kier molecular flexibility index (Phi) is 19.3. The monoisotopic (exact) mass is 1070 g/mol. The second-order valence-corrected chi connectivity index (χ2v) is 28.6. The van der Waals surface area contributed by atoms with Gasteiger partial charge in [0.15, 0.2) is 28.5 Å². The molecule has 70 heavy (non-hydrogen) atoms. The summed E-state index contributed by atoms with van der Waals surface area (Å²) in [5, 5.41) is 12.0. The maximum atomic E-state index is 14.0. The number of hydrogen-bond donors (Lipinski definition) is 1. The van der Waals surface area contributed by atoms with Crippen LogP contribution in [0.15, 0.2) is 72.8 Å². The van der Waals surface area contributed by atoms with E-state index in [4.69, 9.17) is 37.5 Å². The number of esters is 2. The molecule has 0 unspecified atom stereocenters. The van der Waals surface area contributed by atoms with Gasteiger partial charge in [-0.2, -0.15) is 6.08 Å². The summed E-state index contributed by atoms with van der Waals surface area (Å²) >= 11 is 0.847. The molecule has 2 aromatic rings. The second kappa shape index (κ2) is 23.7. The predicted molar refractivity (Wildman–Crippen MR) is 268 cm³/mol. The maximum absolute atomic E-state index is 14.0. The zero-order valence-corrected chi connectivity index (χ0v) is 48.4. The van der Waals surface area contributed by atoms with Gasteiger partial charge in [-0.15, -0.1) is 0 Å². The van der Waals surface area contributed by atoms with Gasteiger partial charge in [0.05, 0.1) is 52.8 Å². The van der Waals surface area contributed by atoms with Gasteiger partial charge >= 0.3 is 38.9 Å². The van der Waals surface area contributed by atoms with Gasteiger partial charge in [0.25, 0.3) is 0 Å². The molecular formula is C52H72ClN2O12Si2Zn+. The molecule has 4 heterocycles. The van der Waals surface area contributed by atoms with Gasteiger partial charge in [0, 0.05) is 25.4 Å². The number of aliphatic hydroxyl groups is 1. The van der Waals surface area contributed by atoms with Crippen LogP contribution in [0.2, 0.25) is 38.3 Å². The minimum atomic E-state index is -2.19. The Morgan fingerprint density at radius 2 is 1.30 bits per heavy atom. The Hall–Kier alpha value is -3.96. The summed E-state index contributed by atoms with van der Waals surface area (Å²) in [5.74, 6) is -1.75. The number of nitrogens with zero attached hydrogens (tertiary/aromatic N) is 2. The third-order valence-electron chi connectivity index (χ3n) is 15.0. The number of fused-ring (bicyclic) bond motifs is 2. The zero-order valence-electron chi connectivity index (χ0n) is 42.7. The van der Waals surface area contributed by atoms with Crippen LogP contribution in [0.5, 0.6) is 11.5 Å². The first kappa shape index (κ1) is 56.9. The quantitative estimate of drug-likeness (QED) is 0.0573. The van der Waals surface area contributed by atoms with Crippen molar-refractivity contribution in [2.45, 2.75) is 139 Å². The molecule has 0 saturated carbocycles. The standard InChI is InChI=1S/C26H37NO6Si.C20H27NO6Si.C6H8.ClH.Zn/c1-25-21(15-16-34(4,5)33-25)23(29)27(17-18-11-13-20(31-2)14-12-18)26(25,24(30)32-3)22(28)19-9-7-6-8-10-19;1-19-16(10-11-28(4,5)27-19)17(23)21(20(19,13-22)18(24)26-3)12-14-6-8-15(25-2)9-7-14;1-2-4-6-5-3-1;;/h7,9,11-14,19,21-22,28H,6,8,10,15-17H2,1-5H3;6-9,13,16H,10-12H2,1-5H3;1-4H,5-6H2;1H;/q;;;;+2/p-1/t19-,21+,22+,25+,26+;16-,19-,20+;;;/m10.../s1.